The van der Waals surface area contributed by atoms with Gasteiger partial charge in [0.15, 0.2) is 18.1 Å². The Morgan fingerprint density at radius 2 is 2.00 bits per heavy atom. The highest BCUT2D eigenvalue weighted by molar-refractivity contribution is 5.84. The second-order valence-electron chi connectivity index (χ2n) is 3.40. The van der Waals surface area contributed by atoms with E-state index in [0.29, 0.717) is 0 Å². The molecule has 1 aromatic rings. The van der Waals surface area contributed by atoms with Gasteiger partial charge in [-0.15, -0.1) is 0 Å². The molecule has 1 aromatic carbocycles. The number of hydrogen-bond acceptors (Lipinski definition) is 5. The summed E-state index contributed by atoms with van der Waals surface area (Å²) in [5, 5.41) is 28.7. The first kappa shape index (κ1) is 13.8. The van der Waals surface area contributed by atoms with Crippen LogP contribution in [0.4, 0.5) is 0 Å². The van der Waals surface area contributed by atoms with Crippen molar-refractivity contribution in [1.29, 1.82) is 0 Å². The number of carboxylic acid groups (broad SMARTS) is 1. The predicted molar refractivity (Wildman–Crippen MR) is 60.3 cm³/mol. The molecule has 0 bridgehead atoms. The predicted octanol–water partition coefficient (Wildman–Crippen LogP) is -0.667. The van der Waals surface area contributed by atoms with Crippen molar-refractivity contribution in [1.82, 2.24) is 5.32 Å². The molecule has 1 amide bonds. The van der Waals surface area contributed by atoms with Gasteiger partial charge < -0.3 is 25.4 Å². The minimum absolute atomic E-state index is 0.114. The summed E-state index contributed by atoms with van der Waals surface area (Å²) in [6, 6.07) is 4.69. The molecule has 0 aliphatic rings. The van der Waals surface area contributed by atoms with E-state index in [1.54, 1.807) is 12.1 Å². The highest BCUT2D eigenvalue weighted by Gasteiger charge is 2.18. The highest BCUT2D eigenvalue weighted by Crippen LogP contribution is 2.23. The van der Waals surface area contributed by atoms with Gasteiger partial charge in [-0.1, -0.05) is 12.1 Å². The Kier molecular flexibility index (Phi) is 4.94. The third kappa shape index (κ3) is 3.95. The van der Waals surface area contributed by atoms with E-state index in [1.807, 2.05) is 0 Å². The van der Waals surface area contributed by atoms with Gasteiger partial charge in [-0.3, -0.25) is 4.79 Å². The number of amides is 1. The Balaban J connectivity index is 2.47. The first-order chi connectivity index (χ1) is 8.54. The fraction of sp³-hybridized carbons (Fsp3) is 0.273. The fourth-order valence-corrected chi connectivity index (χ4v) is 1.14. The van der Waals surface area contributed by atoms with Gasteiger partial charge in [0, 0.05) is 0 Å². The second kappa shape index (κ2) is 6.45. The number of carbonyl (C=O) groups is 2. The molecule has 0 aliphatic heterocycles. The number of phenols is 1. The zero-order valence-electron chi connectivity index (χ0n) is 9.37. The van der Waals surface area contributed by atoms with E-state index in [2.05, 4.69) is 5.32 Å². The van der Waals surface area contributed by atoms with Crippen molar-refractivity contribution in [2.75, 3.05) is 13.2 Å². The number of aliphatic carboxylic acids is 1. The van der Waals surface area contributed by atoms with Crippen molar-refractivity contribution in [2.45, 2.75) is 6.04 Å². The molecular weight excluding hydrogens is 242 g/mol. The molecule has 98 valence electrons. The molecule has 0 unspecified atom stereocenters. The zero-order chi connectivity index (χ0) is 13.5. The fourth-order valence-electron chi connectivity index (χ4n) is 1.14. The van der Waals surface area contributed by atoms with Gasteiger partial charge in [-0.2, -0.15) is 0 Å². The van der Waals surface area contributed by atoms with Crippen LogP contribution in [0, 0.1) is 0 Å². The highest BCUT2D eigenvalue weighted by atomic mass is 16.5. The minimum atomic E-state index is -1.37. The summed E-state index contributed by atoms with van der Waals surface area (Å²) in [7, 11) is 0. The number of rotatable bonds is 6. The first-order valence-corrected chi connectivity index (χ1v) is 5.08. The summed E-state index contributed by atoms with van der Waals surface area (Å²) in [5.74, 6) is -2.06. The number of carboxylic acids is 1. The lowest BCUT2D eigenvalue weighted by molar-refractivity contribution is -0.143. The molecule has 1 rings (SSSR count). The van der Waals surface area contributed by atoms with Crippen LogP contribution in [0.2, 0.25) is 0 Å². The molecule has 0 aliphatic carbocycles. The van der Waals surface area contributed by atoms with Gasteiger partial charge in [0.05, 0.1) is 6.61 Å². The second-order valence-corrected chi connectivity index (χ2v) is 3.40. The number of carbonyl (C=O) groups excluding carboxylic acids is 1. The average molecular weight is 255 g/mol. The lowest BCUT2D eigenvalue weighted by Crippen LogP contribution is -2.45. The Morgan fingerprint density at radius 1 is 1.33 bits per heavy atom. The number of ether oxygens (including phenoxy) is 1. The van der Waals surface area contributed by atoms with Crippen LogP contribution in [0.15, 0.2) is 24.3 Å². The van der Waals surface area contributed by atoms with E-state index in [9.17, 15) is 14.7 Å². The molecule has 18 heavy (non-hydrogen) atoms. The third-order valence-electron chi connectivity index (χ3n) is 2.04. The van der Waals surface area contributed by atoms with Gasteiger partial charge in [0.2, 0.25) is 0 Å². The van der Waals surface area contributed by atoms with Gasteiger partial charge in [-0.05, 0) is 12.1 Å². The van der Waals surface area contributed by atoms with Gasteiger partial charge >= 0.3 is 5.97 Å². The summed E-state index contributed by atoms with van der Waals surface area (Å²) in [4.78, 5) is 21.8. The molecule has 0 aromatic heterocycles. The molecule has 0 spiro atoms. The van der Waals surface area contributed by atoms with Crippen LogP contribution in [0.3, 0.4) is 0 Å². The molecular formula is C11H13NO6. The Hall–Kier alpha value is -2.28. The number of benzene rings is 1. The lowest BCUT2D eigenvalue weighted by Gasteiger charge is -2.12. The van der Waals surface area contributed by atoms with Crippen LogP contribution in [0.25, 0.3) is 0 Å². The van der Waals surface area contributed by atoms with Crippen LogP contribution in [0.1, 0.15) is 0 Å². The van der Waals surface area contributed by atoms with Crippen molar-refractivity contribution >= 4 is 11.9 Å². The molecule has 7 nitrogen and oxygen atoms in total. The van der Waals surface area contributed by atoms with Gasteiger partial charge in [0.1, 0.15) is 6.04 Å². The number of aliphatic hydroxyl groups excluding tert-OH is 1. The Labute approximate surface area is 103 Å². The van der Waals surface area contributed by atoms with E-state index < -0.39 is 31.1 Å². The lowest BCUT2D eigenvalue weighted by atomic mass is 10.3. The maximum Gasteiger partial charge on any atom is 0.328 e. The number of phenolic OH excluding ortho intramolecular Hbond substituents is 1. The maximum absolute atomic E-state index is 11.3. The molecule has 7 heteroatoms. The minimum Gasteiger partial charge on any atom is -0.504 e. The van der Waals surface area contributed by atoms with E-state index in [1.165, 1.54) is 12.1 Å². The van der Waals surface area contributed by atoms with E-state index in [4.69, 9.17) is 14.9 Å². The van der Waals surface area contributed by atoms with Crippen LogP contribution in [-0.2, 0) is 9.59 Å². The molecule has 0 heterocycles. The number of nitrogens with one attached hydrogen (secondary N) is 1. The van der Waals surface area contributed by atoms with Crippen molar-refractivity contribution < 1.29 is 29.6 Å². The molecule has 0 radical (unpaired) electrons. The maximum atomic E-state index is 11.3. The third-order valence-corrected chi connectivity index (χ3v) is 2.04. The number of hydrogen-bond donors (Lipinski definition) is 4. The average Bonchev–Trinajstić information content (AvgIpc) is 2.34. The topological polar surface area (TPSA) is 116 Å². The molecule has 1 atom stereocenters. The van der Waals surface area contributed by atoms with Gasteiger partial charge in [0.25, 0.3) is 5.91 Å². The van der Waals surface area contributed by atoms with E-state index in [0.717, 1.165) is 0 Å². The van der Waals surface area contributed by atoms with Crippen molar-refractivity contribution in [3.8, 4) is 11.5 Å². The van der Waals surface area contributed by atoms with Crippen LogP contribution < -0.4 is 10.1 Å². The number of aromatic hydroxyl groups is 1. The Bertz CT molecular complexity index is 433. The van der Waals surface area contributed by atoms with Crippen molar-refractivity contribution in [3.05, 3.63) is 24.3 Å². The van der Waals surface area contributed by atoms with Crippen molar-refractivity contribution in [2.24, 2.45) is 0 Å². The molecule has 0 saturated heterocycles. The summed E-state index contributed by atoms with van der Waals surface area (Å²) in [5.41, 5.74) is 0. The standard InChI is InChI=1S/C11H13NO6/c13-5-7(11(16)17)12-10(15)6-18-9-4-2-1-3-8(9)14/h1-4,7,13-14H,5-6H2,(H,12,15)(H,16,17)/t7-/m0/s1. The van der Waals surface area contributed by atoms with Crippen LogP contribution >= 0.6 is 0 Å². The van der Waals surface area contributed by atoms with Gasteiger partial charge in [-0.25, -0.2) is 4.79 Å². The molecule has 0 fully saturated rings. The summed E-state index contributed by atoms with van der Waals surface area (Å²) in [6.07, 6.45) is 0. The van der Waals surface area contributed by atoms with Crippen molar-refractivity contribution in [3.63, 3.8) is 0 Å². The van der Waals surface area contributed by atoms with E-state index in [-0.39, 0.29) is 11.5 Å². The van der Waals surface area contributed by atoms with Crippen LogP contribution in [0.5, 0.6) is 11.5 Å². The largest absolute Gasteiger partial charge is 0.504 e. The smallest absolute Gasteiger partial charge is 0.328 e. The quantitative estimate of drug-likeness (QED) is 0.536. The Morgan fingerprint density at radius 3 is 2.56 bits per heavy atom. The first-order valence-electron chi connectivity index (χ1n) is 5.08. The SMILES string of the molecule is O=C(COc1ccccc1O)N[C@@H](CO)C(=O)O. The number of aliphatic hydroxyl groups is 1. The summed E-state index contributed by atoms with van der Waals surface area (Å²) < 4.78 is 4.99. The monoisotopic (exact) mass is 255 g/mol. The zero-order valence-corrected chi connectivity index (χ0v) is 9.37. The van der Waals surface area contributed by atoms with Crippen LogP contribution in [-0.4, -0.2) is 46.5 Å². The molecule has 4 N–H and O–H groups in total. The summed E-state index contributed by atoms with van der Waals surface area (Å²) >= 11 is 0. The number of para-hydroxylation sites is 2. The molecule has 0 saturated carbocycles. The van der Waals surface area contributed by atoms with E-state index >= 15 is 0 Å². The summed E-state index contributed by atoms with van der Waals surface area (Å²) in [6.45, 7) is -1.17. The normalized spacial score (nSPS) is 11.6.